The van der Waals surface area contributed by atoms with Crippen LogP contribution in [0.5, 0.6) is 5.75 Å². The number of hydrogen-bond acceptors (Lipinski definition) is 3. The Morgan fingerprint density at radius 2 is 1.91 bits per heavy atom. The Balaban J connectivity index is 1.97. The number of hydrogen-bond donors (Lipinski definition) is 1. The van der Waals surface area contributed by atoms with Crippen LogP contribution in [0.2, 0.25) is 5.02 Å². The van der Waals surface area contributed by atoms with Crippen molar-refractivity contribution in [1.82, 2.24) is 4.98 Å². The number of pyridine rings is 1. The Kier molecular flexibility index (Phi) is 4.12. The van der Waals surface area contributed by atoms with Gasteiger partial charge in [0.05, 0.1) is 12.6 Å². The van der Waals surface area contributed by atoms with E-state index in [1.165, 1.54) is 37.4 Å². The second kappa shape index (κ2) is 6.22. The number of aromatic nitrogens is 1. The first-order valence-corrected chi connectivity index (χ1v) is 7.16. The van der Waals surface area contributed by atoms with Crippen molar-refractivity contribution in [2.24, 2.45) is 0 Å². The molecular formula is C17H12ClFN2O2. The van der Waals surface area contributed by atoms with Crippen LogP contribution < -0.4 is 10.1 Å². The van der Waals surface area contributed by atoms with E-state index in [0.29, 0.717) is 22.0 Å². The number of nitrogens with one attached hydrogen (secondary N) is 1. The highest BCUT2D eigenvalue weighted by Crippen LogP contribution is 2.28. The molecule has 0 aliphatic heterocycles. The summed E-state index contributed by atoms with van der Waals surface area (Å²) in [6.45, 7) is 0. The molecule has 0 spiro atoms. The summed E-state index contributed by atoms with van der Waals surface area (Å²) < 4.78 is 18.2. The second-order valence-electron chi connectivity index (χ2n) is 4.83. The molecule has 1 amide bonds. The topological polar surface area (TPSA) is 51.2 Å². The minimum absolute atomic E-state index is 0.195. The third-order valence-electron chi connectivity index (χ3n) is 3.29. The van der Waals surface area contributed by atoms with Crippen molar-refractivity contribution in [3.63, 3.8) is 0 Å². The van der Waals surface area contributed by atoms with Gasteiger partial charge in [-0.25, -0.2) is 9.37 Å². The lowest BCUT2D eigenvalue weighted by atomic mass is 10.1. The maximum atomic E-state index is 12.9. The number of amides is 1. The molecule has 2 aromatic carbocycles. The van der Waals surface area contributed by atoms with Crippen molar-refractivity contribution < 1.29 is 13.9 Å². The van der Waals surface area contributed by atoms with E-state index in [0.717, 1.165) is 5.39 Å². The maximum Gasteiger partial charge on any atom is 0.274 e. The monoisotopic (exact) mass is 330 g/mol. The number of halogens is 2. The zero-order valence-corrected chi connectivity index (χ0v) is 12.9. The molecule has 3 rings (SSSR count). The lowest BCUT2D eigenvalue weighted by Crippen LogP contribution is -2.14. The molecule has 4 nitrogen and oxygen atoms in total. The predicted molar refractivity (Wildman–Crippen MR) is 87.7 cm³/mol. The SMILES string of the molecule is COc1cc(C(=O)Nc2ccc(F)cc2)nc2ccc(Cl)cc12. The molecule has 23 heavy (non-hydrogen) atoms. The van der Waals surface area contributed by atoms with Gasteiger partial charge in [0.1, 0.15) is 17.3 Å². The molecule has 0 atom stereocenters. The van der Waals surface area contributed by atoms with Gasteiger partial charge in [-0.1, -0.05) is 11.6 Å². The average molecular weight is 331 g/mol. The summed E-state index contributed by atoms with van der Waals surface area (Å²) in [5, 5.41) is 3.94. The molecule has 0 bridgehead atoms. The molecule has 1 aromatic heterocycles. The van der Waals surface area contributed by atoms with E-state index >= 15 is 0 Å². The summed E-state index contributed by atoms with van der Waals surface area (Å²) in [5.41, 5.74) is 1.27. The van der Waals surface area contributed by atoms with E-state index < -0.39 is 5.91 Å². The number of fused-ring (bicyclic) bond motifs is 1. The van der Waals surface area contributed by atoms with E-state index in [2.05, 4.69) is 10.3 Å². The van der Waals surface area contributed by atoms with Crippen LogP contribution in [0, 0.1) is 5.82 Å². The Bertz CT molecular complexity index is 882. The Hall–Kier alpha value is -2.66. The molecule has 6 heteroatoms. The number of carbonyl (C=O) groups is 1. The Morgan fingerprint density at radius 1 is 1.17 bits per heavy atom. The summed E-state index contributed by atoms with van der Waals surface area (Å²) in [7, 11) is 1.51. The molecule has 1 N–H and O–H groups in total. The summed E-state index contributed by atoms with van der Waals surface area (Å²) in [6, 6.07) is 12.2. The first-order chi connectivity index (χ1) is 11.1. The number of nitrogens with zero attached hydrogens (tertiary/aromatic N) is 1. The smallest absolute Gasteiger partial charge is 0.274 e. The van der Waals surface area contributed by atoms with E-state index in [4.69, 9.17) is 16.3 Å². The zero-order chi connectivity index (χ0) is 16.4. The fourth-order valence-corrected chi connectivity index (χ4v) is 2.35. The van der Waals surface area contributed by atoms with Gasteiger partial charge in [0.25, 0.3) is 5.91 Å². The van der Waals surface area contributed by atoms with Crippen LogP contribution in [-0.2, 0) is 0 Å². The molecule has 0 radical (unpaired) electrons. The third-order valence-corrected chi connectivity index (χ3v) is 3.52. The third kappa shape index (κ3) is 3.24. The molecule has 0 aliphatic rings. The molecule has 1 heterocycles. The lowest BCUT2D eigenvalue weighted by molar-refractivity contribution is 0.102. The van der Waals surface area contributed by atoms with Crippen LogP contribution in [0.4, 0.5) is 10.1 Å². The van der Waals surface area contributed by atoms with Gasteiger partial charge < -0.3 is 10.1 Å². The van der Waals surface area contributed by atoms with E-state index in [-0.39, 0.29) is 11.5 Å². The number of rotatable bonds is 3. The molecule has 0 unspecified atom stereocenters. The van der Waals surface area contributed by atoms with Crippen LogP contribution in [0.1, 0.15) is 10.5 Å². The van der Waals surface area contributed by atoms with Crippen LogP contribution in [-0.4, -0.2) is 18.0 Å². The quantitative estimate of drug-likeness (QED) is 0.779. The van der Waals surface area contributed by atoms with Crippen LogP contribution in [0.3, 0.4) is 0 Å². The molecule has 0 saturated heterocycles. The summed E-state index contributed by atoms with van der Waals surface area (Å²) >= 11 is 5.98. The number of anilines is 1. The first-order valence-electron chi connectivity index (χ1n) is 6.78. The van der Waals surface area contributed by atoms with E-state index in [9.17, 15) is 9.18 Å². The Labute approximate surface area is 136 Å². The first kappa shape index (κ1) is 15.2. The molecule has 0 saturated carbocycles. The van der Waals surface area contributed by atoms with Gasteiger partial charge in [-0.3, -0.25) is 4.79 Å². The van der Waals surface area contributed by atoms with Gasteiger partial charge in [-0.15, -0.1) is 0 Å². The van der Waals surface area contributed by atoms with E-state index in [1.54, 1.807) is 18.2 Å². The summed E-state index contributed by atoms with van der Waals surface area (Å²) in [4.78, 5) is 16.6. The molecule has 116 valence electrons. The zero-order valence-electron chi connectivity index (χ0n) is 12.1. The number of benzene rings is 2. The van der Waals surface area contributed by atoms with Crippen molar-refractivity contribution in [1.29, 1.82) is 0 Å². The second-order valence-corrected chi connectivity index (χ2v) is 5.27. The van der Waals surface area contributed by atoms with E-state index in [1.807, 2.05) is 0 Å². The minimum Gasteiger partial charge on any atom is -0.496 e. The van der Waals surface area contributed by atoms with Crippen molar-refractivity contribution in [2.75, 3.05) is 12.4 Å². The number of carbonyl (C=O) groups excluding carboxylic acids is 1. The molecular weight excluding hydrogens is 319 g/mol. The molecule has 0 fully saturated rings. The van der Waals surface area contributed by atoms with Gasteiger partial charge >= 0.3 is 0 Å². The standard InChI is InChI=1S/C17H12ClFN2O2/c1-23-16-9-15(21-14-7-2-10(18)8-13(14)16)17(22)20-12-5-3-11(19)4-6-12/h2-9H,1H3,(H,20,22). The fourth-order valence-electron chi connectivity index (χ4n) is 2.18. The highest BCUT2D eigenvalue weighted by molar-refractivity contribution is 6.31. The molecule has 3 aromatic rings. The lowest BCUT2D eigenvalue weighted by Gasteiger charge is -2.09. The van der Waals surface area contributed by atoms with Gasteiger partial charge in [0.2, 0.25) is 0 Å². The Morgan fingerprint density at radius 3 is 2.61 bits per heavy atom. The number of methoxy groups -OCH3 is 1. The largest absolute Gasteiger partial charge is 0.496 e. The normalized spacial score (nSPS) is 10.6. The van der Waals surface area contributed by atoms with Crippen LogP contribution in [0.15, 0.2) is 48.5 Å². The van der Waals surface area contributed by atoms with Crippen LogP contribution in [0.25, 0.3) is 10.9 Å². The number of ether oxygens (including phenoxy) is 1. The van der Waals surface area contributed by atoms with Crippen molar-refractivity contribution in [3.05, 3.63) is 65.1 Å². The predicted octanol–water partition coefficient (Wildman–Crippen LogP) is 4.29. The highest BCUT2D eigenvalue weighted by atomic mass is 35.5. The highest BCUT2D eigenvalue weighted by Gasteiger charge is 2.13. The van der Waals surface area contributed by atoms with Crippen molar-refractivity contribution in [2.45, 2.75) is 0 Å². The van der Waals surface area contributed by atoms with Crippen LogP contribution >= 0.6 is 11.6 Å². The summed E-state index contributed by atoms with van der Waals surface area (Å²) in [5.74, 6) is -0.279. The minimum atomic E-state index is -0.410. The van der Waals surface area contributed by atoms with Crippen molar-refractivity contribution >= 4 is 34.1 Å². The van der Waals surface area contributed by atoms with Gasteiger partial charge in [-0.2, -0.15) is 0 Å². The maximum absolute atomic E-state index is 12.9. The van der Waals surface area contributed by atoms with Gasteiger partial charge in [0.15, 0.2) is 0 Å². The van der Waals surface area contributed by atoms with Gasteiger partial charge in [0, 0.05) is 22.2 Å². The molecule has 0 aliphatic carbocycles. The fraction of sp³-hybridized carbons (Fsp3) is 0.0588. The van der Waals surface area contributed by atoms with Gasteiger partial charge in [-0.05, 0) is 42.5 Å². The van der Waals surface area contributed by atoms with Crippen molar-refractivity contribution in [3.8, 4) is 5.75 Å². The summed E-state index contributed by atoms with van der Waals surface area (Å²) in [6.07, 6.45) is 0. The average Bonchev–Trinajstić information content (AvgIpc) is 2.56.